The predicted octanol–water partition coefficient (Wildman–Crippen LogP) is -2.08. The van der Waals surface area contributed by atoms with Crippen molar-refractivity contribution in [1.29, 1.82) is 0 Å². The normalized spacial score (nSPS) is 8.15. The van der Waals surface area contributed by atoms with Crippen molar-refractivity contribution in [2.45, 2.75) is 0 Å². The fourth-order valence-electron chi connectivity index (χ4n) is 0.385. The Kier molecular flexibility index (Phi) is 19.2. The molecule has 0 unspecified atom stereocenters. The minimum absolute atomic E-state index is 0. The number of nitrogens with zero attached hydrogens (tertiary/aromatic N) is 1. The van der Waals surface area contributed by atoms with Gasteiger partial charge in [0, 0.05) is 5.96 Å². The first-order chi connectivity index (χ1) is 5.27. The van der Waals surface area contributed by atoms with Crippen molar-refractivity contribution in [2.75, 3.05) is 0 Å². The van der Waals surface area contributed by atoms with E-state index in [9.17, 15) is 0 Å². The van der Waals surface area contributed by atoms with Crippen LogP contribution in [0.2, 0.25) is 0 Å². The molecule has 0 aromatic heterocycles. The van der Waals surface area contributed by atoms with Crippen molar-refractivity contribution < 1.29 is 31.9 Å². The van der Waals surface area contributed by atoms with E-state index in [2.05, 4.69) is 16.7 Å². The maximum Gasteiger partial charge on any atom is 2.00 e. The van der Waals surface area contributed by atoms with Crippen molar-refractivity contribution >= 4 is 5.96 Å². The number of hydrogen-bond acceptors (Lipinski definition) is 2. The molecule has 0 aliphatic heterocycles. The Morgan fingerprint density at radius 3 is 1.23 bits per heavy atom. The van der Waals surface area contributed by atoms with Gasteiger partial charge in [0.05, 0.1) is 0 Å². The van der Waals surface area contributed by atoms with E-state index in [4.69, 9.17) is 5.73 Å². The van der Waals surface area contributed by atoms with Gasteiger partial charge in [0.1, 0.15) is 0 Å². The number of hydrazone groups is 1. The zero-order chi connectivity index (χ0) is 8.53. The van der Waals surface area contributed by atoms with Crippen LogP contribution in [0.5, 0.6) is 0 Å². The van der Waals surface area contributed by atoms with Crippen molar-refractivity contribution in [3.63, 3.8) is 0 Å². The van der Waals surface area contributed by atoms with Gasteiger partial charge >= 0.3 is 19.5 Å². The summed E-state index contributed by atoms with van der Waals surface area (Å²) in [6.07, 6.45) is 0. The molecule has 1 rings (SSSR count). The third-order valence-electron chi connectivity index (χ3n) is 0.806. The van der Waals surface area contributed by atoms with Crippen molar-refractivity contribution in [3.05, 3.63) is 42.1 Å². The van der Waals surface area contributed by atoms with Crippen LogP contribution in [-0.4, -0.2) is 5.96 Å². The van der Waals surface area contributed by atoms with Crippen LogP contribution in [0.3, 0.4) is 0 Å². The Balaban J connectivity index is -0.000000136. The Bertz CT molecular complexity index is 174. The Morgan fingerprint density at radius 1 is 1.00 bits per heavy atom. The third kappa shape index (κ3) is 18.3. The Hall–Kier alpha value is -0.797. The number of guanidine groups is 1. The second-order valence-corrected chi connectivity index (χ2v) is 1.67. The van der Waals surface area contributed by atoms with Crippen molar-refractivity contribution in [1.82, 2.24) is 0 Å². The molecule has 4 nitrogen and oxygen atoms in total. The zero-order valence-electron chi connectivity index (χ0n) is 6.80. The van der Waals surface area contributed by atoms with Gasteiger partial charge in [-0.25, -0.2) is 0 Å². The fourth-order valence-corrected chi connectivity index (χ4v) is 0.385. The van der Waals surface area contributed by atoms with E-state index in [0.717, 1.165) is 0 Å². The van der Waals surface area contributed by atoms with Gasteiger partial charge in [-0.2, -0.15) is 0 Å². The van der Waals surface area contributed by atoms with Gasteiger partial charge in [-0.3, -0.25) is 0 Å². The molecule has 0 atom stereocenters. The number of benzene rings is 1. The number of halogens is 1. The maximum atomic E-state index is 6.23. The molecule has 1 aromatic carbocycles. The van der Waals surface area contributed by atoms with Gasteiger partial charge in [-0.15, -0.1) is 0 Å². The predicted molar refractivity (Wildman–Crippen MR) is 46.6 cm³/mol. The Labute approximate surface area is 96.7 Å². The van der Waals surface area contributed by atoms with Crippen LogP contribution in [0.15, 0.2) is 41.5 Å². The standard InChI is InChI=1S/C6H6.CH5N4.ClH.Ru/c1-2-4-6-5-3-1;2-1(3)5-4;;/h1-6H;4H2,(H3-,2,3,5);1H;/q;-1;;+2/p-1. The maximum absolute atomic E-state index is 6.23. The second-order valence-electron chi connectivity index (χ2n) is 1.67. The molecule has 0 aliphatic rings. The van der Waals surface area contributed by atoms with Crippen LogP contribution < -0.4 is 24.0 Å². The minimum atomic E-state index is -0.343. The summed E-state index contributed by atoms with van der Waals surface area (Å²) in [5.41, 5.74) is 10.8. The van der Waals surface area contributed by atoms with Gasteiger partial charge in [0.2, 0.25) is 0 Å². The smallest absolute Gasteiger partial charge is 1.00 e. The molecule has 0 aliphatic carbocycles. The van der Waals surface area contributed by atoms with Crippen LogP contribution in [0.1, 0.15) is 0 Å². The molecule has 6 heteroatoms. The average Bonchev–Trinajstić information content (AvgIpc) is 2.09. The molecule has 0 radical (unpaired) electrons. The molecule has 0 saturated heterocycles. The summed E-state index contributed by atoms with van der Waals surface area (Å²) in [7, 11) is 0. The van der Waals surface area contributed by atoms with Crippen molar-refractivity contribution in [2.24, 2.45) is 16.7 Å². The molecule has 0 saturated carbocycles. The number of rotatable bonds is 0. The largest absolute Gasteiger partial charge is 2.00 e. The minimum Gasteiger partial charge on any atom is -1.00 e. The van der Waals surface area contributed by atoms with E-state index in [1.807, 2.05) is 36.4 Å². The number of nitrogens with one attached hydrogen (secondary N) is 1. The first-order valence-electron chi connectivity index (χ1n) is 3.02. The molecule has 0 fully saturated rings. The van der Waals surface area contributed by atoms with Gasteiger partial charge in [-0.05, 0) is 0 Å². The zero-order valence-corrected chi connectivity index (χ0v) is 9.29. The summed E-state index contributed by atoms with van der Waals surface area (Å²) in [6.45, 7) is 0. The second kappa shape index (κ2) is 13.8. The molecule has 1 aromatic rings. The van der Waals surface area contributed by atoms with Gasteiger partial charge in [-0.1, -0.05) is 36.4 Å². The summed E-state index contributed by atoms with van der Waals surface area (Å²) in [5, 5.41) is 2.75. The summed E-state index contributed by atoms with van der Waals surface area (Å²) in [6, 6.07) is 12.0. The molecule has 0 spiro atoms. The fraction of sp³-hybridized carbons (Fsp3) is 0. The molecule has 0 amide bonds. The SMILES string of the molecule is [Cl-].[NH-]/C(N)=N\N.[Ru+2].c1ccccc1. The topological polar surface area (TPSA) is 88.2 Å². The first kappa shape index (κ1) is 18.1. The van der Waals surface area contributed by atoms with E-state index in [0.29, 0.717) is 0 Å². The van der Waals surface area contributed by atoms with Crippen LogP contribution in [-0.2, 0) is 19.5 Å². The van der Waals surface area contributed by atoms with E-state index < -0.39 is 0 Å². The summed E-state index contributed by atoms with van der Waals surface area (Å²) in [5.74, 6) is 4.10. The van der Waals surface area contributed by atoms with E-state index in [1.165, 1.54) is 0 Å². The quantitative estimate of drug-likeness (QED) is 0.188. The van der Waals surface area contributed by atoms with Gasteiger partial charge < -0.3 is 34.8 Å². The van der Waals surface area contributed by atoms with E-state index in [-0.39, 0.29) is 37.8 Å². The van der Waals surface area contributed by atoms with E-state index >= 15 is 0 Å². The molecule has 0 bridgehead atoms. The molecule has 13 heavy (non-hydrogen) atoms. The number of nitrogens with two attached hydrogens (primary N) is 2. The van der Waals surface area contributed by atoms with E-state index in [1.54, 1.807) is 0 Å². The monoisotopic (exact) mass is 288 g/mol. The van der Waals surface area contributed by atoms with Crippen LogP contribution in [0.25, 0.3) is 5.73 Å². The van der Waals surface area contributed by atoms with Crippen LogP contribution >= 0.6 is 0 Å². The summed E-state index contributed by atoms with van der Waals surface area (Å²) < 4.78 is 0. The van der Waals surface area contributed by atoms with Crippen LogP contribution in [0.4, 0.5) is 0 Å². The molecule has 74 valence electrons. The van der Waals surface area contributed by atoms with Gasteiger partial charge in [0.15, 0.2) is 0 Å². The first-order valence-corrected chi connectivity index (χ1v) is 3.02. The third-order valence-corrected chi connectivity index (χ3v) is 0.806. The molecule has 0 heterocycles. The molecular weight excluding hydrogens is 277 g/mol. The van der Waals surface area contributed by atoms with Crippen molar-refractivity contribution in [3.8, 4) is 0 Å². The summed E-state index contributed by atoms with van der Waals surface area (Å²) >= 11 is 0. The van der Waals surface area contributed by atoms with Crippen LogP contribution in [0, 0.1) is 0 Å². The Morgan fingerprint density at radius 2 is 1.15 bits per heavy atom. The molecular formula is C7H11ClN4Ru. The number of hydrogen-bond donors (Lipinski definition) is 2. The van der Waals surface area contributed by atoms with Gasteiger partial charge in [0.25, 0.3) is 0 Å². The molecule has 5 N–H and O–H groups in total. The summed E-state index contributed by atoms with van der Waals surface area (Å²) in [4.78, 5) is 0. The average molecular weight is 288 g/mol.